The molecule has 1 saturated heterocycles. The van der Waals surface area contributed by atoms with E-state index >= 15 is 0 Å². The van der Waals surface area contributed by atoms with Crippen LogP contribution in [0.4, 0.5) is 23.2 Å². The lowest BCUT2D eigenvalue weighted by Gasteiger charge is -2.45. The summed E-state index contributed by atoms with van der Waals surface area (Å²) in [5.41, 5.74) is 0.275. The third-order valence-electron chi connectivity index (χ3n) is 5.74. The summed E-state index contributed by atoms with van der Waals surface area (Å²) >= 11 is 0. The fourth-order valence-corrected chi connectivity index (χ4v) is 4.52. The number of alkyl halides is 3. The molecule has 2 unspecified atom stereocenters. The van der Waals surface area contributed by atoms with Crippen LogP contribution in [0.3, 0.4) is 0 Å². The monoisotopic (exact) mass is 421 g/mol. The summed E-state index contributed by atoms with van der Waals surface area (Å²) in [4.78, 5) is 1.87. The summed E-state index contributed by atoms with van der Waals surface area (Å²) in [7, 11) is -1.90. The van der Waals surface area contributed by atoms with Crippen LogP contribution in [0, 0.1) is 11.7 Å². The Kier molecular flexibility index (Phi) is 6.75. The van der Waals surface area contributed by atoms with Crippen molar-refractivity contribution in [1.29, 1.82) is 0 Å². The molecule has 2 rings (SSSR count). The highest BCUT2D eigenvalue weighted by atomic mass is 28.4. The van der Waals surface area contributed by atoms with E-state index in [2.05, 4.69) is 40.8 Å². The third kappa shape index (κ3) is 5.86. The zero-order valence-corrected chi connectivity index (χ0v) is 18.5. The van der Waals surface area contributed by atoms with Crippen LogP contribution in [0.1, 0.15) is 34.1 Å². The topological polar surface area (TPSA) is 21.7 Å². The van der Waals surface area contributed by atoms with E-state index in [0.717, 1.165) is 12.5 Å². The van der Waals surface area contributed by atoms with Gasteiger partial charge in [0, 0.05) is 19.2 Å². The number of rotatable bonds is 5. The number of nitrogens with zero attached hydrogens (tertiary/aromatic N) is 1. The van der Waals surface area contributed by atoms with E-state index in [1.807, 2.05) is 4.90 Å². The van der Waals surface area contributed by atoms with E-state index in [1.54, 1.807) is 0 Å². The van der Waals surface area contributed by atoms with Crippen molar-refractivity contribution < 1.29 is 26.7 Å². The maximum absolute atomic E-state index is 14.3. The SMILES string of the molecule is CC1CN(c2cc(OCC(F)(F)F)ccc2F)CCC1O[Si](C)(C)C(C)(C)C. The van der Waals surface area contributed by atoms with E-state index in [1.165, 1.54) is 12.1 Å². The summed E-state index contributed by atoms with van der Waals surface area (Å²) in [6, 6.07) is 3.73. The van der Waals surface area contributed by atoms with Gasteiger partial charge in [-0.2, -0.15) is 13.2 Å². The van der Waals surface area contributed by atoms with Gasteiger partial charge in [0.1, 0.15) is 11.6 Å². The van der Waals surface area contributed by atoms with Crippen molar-refractivity contribution >= 4 is 14.0 Å². The van der Waals surface area contributed by atoms with E-state index in [0.29, 0.717) is 13.1 Å². The van der Waals surface area contributed by atoms with Gasteiger partial charge in [-0.05, 0) is 42.6 Å². The zero-order chi connectivity index (χ0) is 21.3. The van der Waals surface area contributed by atoms with Crippen LogP contribution >= 0.6 is 0 Å². The Balaban J connectivity index is 2.07. The Labute approximate surface area is 166 Å². The Hall–Kier alpha value is -1.28. The van der Waals surface area contributed by atoms with Gasteiger partial charge in [0.25, 0.3) is 0 Å². The van der Waals surface area contributed by atoms with Gasteiger partial charge >= 0.3 is 6.18 Å². The normalized spacial score (nSPS) is 21.7. The molecule has 1 fully saturated rings. The Morgan fingerprint density at radius 3 is 2.36 bits per heavy atom. The highest BCUT2D eigenvalue weighted by molar-refractivity contribution is 6.74. The van der Waals surface area contributed by atoms with Crippen molar-refractivity contribution in [3.63, 3.8) is 0 Å². The van der Waals surface area contributed by atoms with Gasteiger partial charge in [-0.3, -0.25) is 0 Å². The predicted molar refractivity (Wildman–Crippen MR) is 106 cm³/mol. The number of hydrogen-bond acceptors (Lipinski definition) is 3. The minimum atomic E-state index is -4.43. The van der Waals surface area contributed by atoms with Gasteiger partial charge in [-0.15, -0.1) is 0 Å². The second-order valence-corrected chi connectivity index (χ2v) is 13.9. The molecule has 1 aliphatic heterocycles. The molecule has 3 nitrogen and oxygen atoms in total. The first-order valence-electron chi connectivity index (χ1n) is 9.61. The Morgan fingerprint density at radius 1 is 1.18 bits per heavy atom. The van der Waals surface area contributed by atoms with Crippen LogP contribution in [0.25, 0.3) is 0 Å². The fourth-order valence-electron chi connectivity index (χ4n) is 3.06. The van der Waals surface area contributed by atoms with E-state index in [9.17, 15) is 17.6 Å². The van der Waals surface area contributed by atoms with E-state index < -0.39 is 26.9 Å². The molecule has 2 atom stereocenters. The van der Waals surface area contributed by atoms with Gasteiger partial charge < -0.3 is 14.1 Å². The number of piperidine rings is 1. The largest absolute Gasteiger partial charge is 0.484 e. The average molecular weight is 422 g/mol. The molecule has 0 saturated carbocycles. The van der Waals surface area contributed by atoms with Crippen molar-refractivity contribution in [3.8, 4) is 5.75 Å². The summed E-state index contributed by atoms with van der Waals surface area (Å²) in [5.74, 6) is -0.265. The van der Waals surface area contributed by atoms with Gasteiger partial charge in [-0.25, -0.2) is 4.39 Å². The first-order chi connectivity index (χ1) is 12.7. The molecule has 0 aliphatic carbocycles. The second-order valence-electron chi connectivity index (χ2n) is 9.15. The maximum atomic E-state index is 14.3. The van der Waals surface area contributed by atoms with Crippen LogP contribution in [0.5, 0.6) is 5.75 Å². The molecule has 1 aliphatic rings. The van der Waals surface area contributed by atoms with Gasteiger partial charge in [-0.1, -0.05) is 27.7 Å². The standard InChI is InChI=1S/C20H31F4NO2Si/c1-14-12-25(10-9-18(14)27-28(5,6)19(2,3)4)17-11-15(7-8-16(17)21)26-13-20(22,23)24/h7-8,11,14,18H,9-10,12-13H2,1-6H3. The van der Waals surface area contributed by atoms with E-state index in [-0.39, 0.29) is 28.5 Å². The predicted octanol–water partition coefficient (Wildman–Crippen LogP) is 6.00. The number of benzene rings is 1. The summed E-state index contributed by atoms with van der Waals surface area (Å²) in [5, 5.41) is 0.111. The van der Waals surface area contributed by atoms with Crippen molar-refractivity contribution in [1.82, 2.24) is 0 Å². The average Bonchev–Trinajstić information content (AvgIpc) is 2.54. The molecule has 0 amide bonds. The molecule has 8 heteroatoms. The number of ether oxygens (including phenoxy) is 1. The van der Waals surface area contributed by atoms with Crippen LogP contribution in [0.15, 0.2) is 18.2 Å². The van der Waals surface area contributed by atoms with Crippen molar-refractivity contribution in [2.24, 2.45) is 5.92 Å². The Bertz CT molecular complexity index is 673. The molecule has 0 spiro atoms. The zero-order valence-electron chi connectivity index (χ0n) is 17.5. The van der Waals surface area contributed by atoms with E-state index in [4.69, 9.17) is 9.16 Å². The molecule has 0 aromatic heterocycles. The lowest BCUT2D eigenvalue weighted by molar-refractivity contribution is -0.153. The second kappa shape index (κ2) is 8.22. The quantitative estimate of drug-likeness (QED) is 0.430. The molecule has 1 aromatic rings. The number of halogens is 4. The fraction of sp³-hybridized carbons (Fsp3) is 0.700. The third-order valence-corrected chi connectivity index (χ3v) is 10.2. The van der Waals surface area contributed by atoms with Crippen LogP contribution in [-0.4, -0.2) is 40.3 Å². The van der Waals surface area contributed by atoms with Crippen molar-refractivity contribution in [3.05, 3.63) is 24.0 Å². The van der Waals surface area contributed by atoms with Crippen molar-refractivity contribution in [2.45, 2.75) is 64.5 Å². The highest BCUT2D eigenvalue weighted by Crippen LogP contribution is 2.39. The highest BCUT2D eigenvalue weighted by Gasteiger charge is 2.41. The van der Waals surface area contributed by atoms with Gasteiger partial charge in [0.2, 0.25) is 0 Å². The molecule has 28 heavy (non-hydrogen) atoms. The molecule has 0 N–H and O–H groups in total. The molecule has 0 bridgehead atoms. The number of anilines is 1. The van der Waals surface area contributed by atoms with Gasteiger partial charge in [0.15, 0.2) is 14.9 Å². The summed E-state index contributed by atoms with van der Waals surface area (Å²) in [6.45, 7) is 12.9. The minimum Gasteiger partial charge on any atom is -0.484 e. The molecular weight excluding hydrogens is 390 g/mol. The lowest BCUT2D eigenvalue weighted by Crippen LogP contribution is -2.50. The molecule has 160 valence electrons. The summed E-state index contributed by atoms with van der Waals surface area (Å²) in [6.07, 6.45) is -3.58. The Morgan fingerprint density at radius 2 is 1.82 bits per heavy atom. The smallest absolute Gasteiger partial charge is 0.422 e. The lowest BCUT2D eigenvalue weighted by atomic mass is 9.96. The van der Waals surface area contributed by atoms with Gasteiger partial charge in [0.05, 0.1) is 11.8 Å². The minimum absolute atomic E-state index is 0.0148. The first kappa shape index (κ1) is 23.0. The first-order valence-corrected chi connectivity index (χ1v) is 12.5. The van der Waals surface area contributed by atoms with Crippen molar-refractivity contribution in [2.75, 3.05) is 24.6 Å². The van der Waals surface area contributed by atoms with Crippen LogP contribution in [0.2, 0.25) is 18.1 Å². The number of hydrogen-bond donors (Lipinski definition) is 0. The summed E-state index contributed by atoms with van der Waals surface area (Å²) < 4.78 is 62.8. The maximum Gasteiger partial charge on any atom is 0.422 e. The van der Waals surface area contributed by atoms with Crippen LogP contribution < -0.4 is 9.64 Å². The molecule has 1 heterocycles. The molecular formula is C20H31F4NO2Si. The van der Waals surface area contributed by atoms with Crippen LogP contribution in [-0.2, 0) is 4.43 Å². The molecule has 1 aromatic carbocycles. The molecule has 0 radical (unpaired) electrons.